The minimum atomic E-state index is 0.447. The minimum Gasteiger partial charge on any atom is -0.383 e. The Bertz CT molecular complexity index is 129. The highest BCUT2D eigenvalue weighted by Gasteiger charge is 2.18. The maximum atomic E-state index is 5.71. The van der Waals surface area contributed by atoms with Gasteiger partial charge in [-0.1, -0.05) is 6.92 Å². The van der Waals surface area contributed by atoms with Crippen molar-refractivity contribution >= 4 is 0 Å². The summed E-state index contributed by atoms with van der Waals surface area (Å²) >= 11 is 0. The number of rotatable bonds is 6. The van der Waals surface area contributed by atoms with E-state index in [1.807, 2.05) is 0 Å². The molecule has 1 aliphatic rings. The molecule has 1 heterocycles. The number of likely N-dealkylation sites (N-methyl/N-ethyl adjacent to an activating group) is 1. The van der Waals surface area contributed by atoms with Gasteiger partial charge in [-0.2, -0.15) is 0 Å². The maximum Gasteiger partial charge on any atom is 0.0616 e. The molecule has 0 aromatic heterocycles. The number of ether oxygens (including phenoxy) is 2. The van der Waals surface area contributed by atoms with Crippen LogP contribution in [0.15, 0.2) is 0 Å². The van der Waals surface area contributed by atoms with Crippen molar-refractivity contribution in [2.75, 3.05) is 26.9 Å². The van der Waals surface area contributed by atoms with Gasteiger partial charge in [0.2, 0.25) is 0 Å². The SMILES string of the molecule is CCNC(COC)CC1CCCCO1. The van der Waals surface area contributed by atoms with Gasteiger partial charge in [-0.25, -0.2) is 0 Å². The van der Waals surface area contributed by atoms with Crippen LogP contribution in [0.1, 0.15) is 32.6 Å². The molecular formula is C11H23NO2. The molecule has 0 aliphatic carbocycles. The molecular weight excluding hydrogens is 178 g/mol. The van der Waals surface area contributed by atoms with Crippen molar-refractivity contribution in [2.45, 2.75) is 44.8 Å². The van der Waals surface area contributed by atoms with Crippen LogP contribution in [-0.4, -0.2) is 39.0 Å². The zero-order chi connectivity index (χ0) is 10.2. The quantitative estimate of drug-likeness (QED) is 0.707. The lowest BCUT2D eigenvalue weighted by molar-refractivity contribution is -0.000580. The third-order valence-corrected chi connectivity index (χ3v) is 2.68. The molecule has 1 saturated heterocycles. The summed E-state index contributed by atoms with van der Waals surface area (Å²) in [6.45, 7) is 4.86. The Balaban J connectivity index is 2.21. The summed E-state index contributed by atoms with van der Waals surface area (Å²) in [4.78, 5) is 0. The Morgan fingerprint density at radius 2 is 2.36 bits per heavy atom. The monoisotopic (exact) mass is 201 g/mol. The van der Waals surface area contributed by atoms with E-state index in [0.29, 0.717) is 12.1 Å². The molecule has 0 radical (unpaired) electrons. The minimum absolute atomic E-state index is 0.447. The van der Waals surface area contributed by atoms with Crippen molar-refractivity contribution in [3.05, 3.63) is 0 Å². The summed E-state index contributed by atoms with van der Waals surface area (Å²) in [5, 5.41) is 3.43. The molecule has 1 rings (SSSR count). The van der Waals surface area contributed by atoms with E-state index in [9.17, 15) is 0 Å². The van der Waals surface area contributed by atoms with Crippen LogP contribution in [0.2, 0.25) is 0 Å². The van der Waals surface area contributed by atoms with Crippen molar-refractivity contribution < 1.29 is 9.47 Å². The largest absolute Gasteiger partial charge is 0.383 e. The molecule has 1 N–H and O–H groups in total. The van der Waals surface area contributed by atoms with Crippen molar-refractivity contribution in [1.82, 2.24) is 5.32 Å². The van der Waals surface area contributed by atoms with Gasteiger partial charge in [0.1, 0.15) is 0 Å². The van der Waals surface area contributed by atoms with Crippen LogP contribution in [0.25, 0.3) is 0 Å². The maximum absolute atomic E-state index is 5.71. The first-order valence-corrected chi connectivity index (χ1v) is 5.70. The molecule has 2 atom stereocenters. The van der Waals surface area contributed by atoms with E-state index in [-0.39, 0.29) is 0 Å². The Kier molecular flexibility index (Phi) is 6.15. The summed E-state index contributed by atoms with van der Waals surface area (Å²) in [7, 11) is 1.76. The zero-order valence-electron chi connectivity index (χ0n) is 9.42. The second-order valence-electron chi connectivity index (χ2n) is 3.93. The lowest BCUT2D eigenvalue weighted by Gasteiger charge is -2.27. The fourth-order valence-corrected chi connectivity index (χ4v) is 2.01. The van der Waals surface area contributed by atoms with E-state index < -0.39 is 0 Å². The van der Waals surface area contributed by atoms with Crippen LogP contribution in [0.5, 0.6) is 0 Å². The first-order chi connectivity index (χ1) is 6.86. The fourth-order valence-electron chi connectivity index (χ4n) is 2.01. The van der Waals surface area contributed by atoms with E-state index in [1.54, 1.807) is 7.11 Å². The third kappa shape index (κ3) is 4.40. The summed E-state index contributed by atoms with van der Waals surface area (Å²) in [6.07, 6.45) is 5.29. The zero-order valence-corrected chi connectivity index (χ0v) is 9.42. The van der Waals surface area contributed by atoms with Gasteiger partial charge in [-0.05, 0) is 32.2 Å². The van der Waals surface area contributed by atoms with Crippen LogP contribution in [0.3, 0.4) is 0 Å². The van der Waals surface area contributed by atoms with Crippen LogP contribution in [0, 0.1) is 0 Å². The van der Waals surface area contributed by atoms with E-state index in [0.717, 1.165) is 26.2 Å². The van der Waals surface area contributed by atoms with Crippen molar-refractivity contribution in [2.24, 2.45) is 0 Å². The number of hydrogen-bond acceptors (Lipinski definition) is 3. The third-order valence-electron chi connectivity index (χ3n) is 2.68. The second kappa shape index (κ2) is 7.21. The van der Waals surface area contributed by atoms with Gasteiger partial charge in [0, 0.05) is 19.8 Å². The van der Waals surface area contributed by atoms with E-state index in [2.05, 4.69) is 12.2 Å². The standard InChI is InChI=1S/C11H23NO2/c1-3-12-10(9-13-2)8-11-6-4-5-7-14-11/h10-12H,3-9H2,1-2H3. The second-order valence-corrected chi connectivity index (χ2v) is 3.93. The lowest BCUT2D eigenvalue weighted by atomic mass is 10.0. The average Bonchev–Trinajstić information content (AvgIpc) is 2.20. The first kappa shape index (κ1) is 12.0. The number of methoxy groups -OCH3 is 1. The molecule has 0 amide bonds. The molecule has 1 aliphatic heterocycles. The normalized spacial score (nSPS) is 24.9. The molecule has 0 aromatic carbocycles. The lowest BCUT2D eigenvalue weighted by Crippen LogP contribution is -2.37. The van der Waals surface area contributed by atoms with Gasteiger partial charge in [0.25, 0.3) is 0 Å². The summed E-state index contributed by atoms with van der Waals surface area (Å²) in [6, 6.07) is 0.452. The Morgan fingerprint density at radius 3 is 2.93 bits per heavy atom. The Labute approximate surface area is 87.2 Å². The van der Waals surface area contributed by atoms with Crippen molar-refractivity contribution in [3.8, 4) is 0 Å². The predicted octanol–water partition coefficient (Wildman–Crippen LogP) is 1.57. The Hall–Kier alpha value is -0.120. The van der Waals surface area contributed by atoms with Crippen LogP contribution in [-0.2, 0) is 9.47 Å². The molecule has 84 valence electrons. The highest BCUT2D eigenvalue weighted by atomic mass is 16.5. The van der Waals surface area contributed by atoms with Gasteiger partial charge in [0.15, 0.2) is 0 Å². The molecule has 1 fully saturated rings. The fraction of sp³-hybridized carbons (Fsp3) is 1.00. The summed E-state index contributed by atoms with van der Waals surface area (Å²) in [5.74, 6) is 0. The van der Waals surface area contributed by atoms with Gasteiger partial charge < -0.3 is 14.8 Å². The van der Waals surface area contributed by atoms with Crippen LogP contribution >= 0.6 is 0 Å². The number of nitrogens with one attached hydrogen (secondary N) is 1. The molecule has 3 heteroatoms. The first-order valence-electron chi connectivity index (χ1n) is 5.70. The van der Waals surface area contributed by atoms with Crippen LogP contribution in [0.4, 0.5) is 0 Å². The van der Waals surface area contributed by atoms with E-state index in [1.165, 1.54) is 19.3 Å². The van der Waals surface area contributed by atoms with Gasteiger partial charge in [0.05, 0.1) is 12.7 Å². The smallest absolute Gasteiger partial charge is 0.0616 e. The molecule has 3 nitrogen and oxygen atoms in total. The van der Waals surface area contributed by atoms with E-state index >= 15 is 0 Å². The highest BCUT2D eigenvalue weighted by Crippen LogP contribution is 2.17. The van der Waals surface area contributed by atoms with Crippen molar-refractivity contribution in [3.63, 3.8) is 0 Å². The van der Waals surface area contributed by atoms with Crippen molar-refractivity contribution in [1.29, 1.82) is 0 Å². The molecule has 0 bridgehead atoms. The van der Waals surface area contributed by atoms with Gasteiger partial charge in [-0.3, -0.25) is 0 Å². The summed E-state index contributed by atoms with van der Waals surface area (Å²) in [5.41, 5.74) is 0. The Morgan fingerprint density at radius 1 is 1.50 bits per heavy atom. The molecule has 2 unspecified atom stereocenters. The van der Waals surface area contributed by atoms with Gasteiger partial charge >= 0.3 is 0 Å². The average molecular weight is 201 g/mol. The molecule has 0 saturated carbocycles. The predicted molar refractivity (Wildman–Crippen MR) is 57.5 cm³/mol. The highest BCUT2D eigenvalue weighted by molar-refractivity contribution is 4.73. The molecule has 0 spiro atoms. The molecule has 14 heavy (non-hydrogen) atoms. The summed E-state index contributed by atoms with van der Waals surface area (Å²) < 4.78 is 10.9. The molecule has 0 aromatic rings. The van der Waals surface area contributed by atoms with E-state index in [4.69, 9.17) is 9.47 Å². The van der Waals surface area contributed by atoms with Crippen LogP contribution < -0.4 is 5.32 Å². The topological polar surface area (TPSA) is 30.5 Å². The number of hydrogen-bond donors (Lipinski definition) is 1. The van der Waals surface area contributed by atoms with Gasteiger partial charge in [-0.15, -0.1) is 0 Å².